The minimum Gasteiger partial charge on any atom is -0.283 e. The molecular weight excluding hydrogens is 548 g/mol. The van der Waals surface area contributed by atoms with Crippen LogP contribution in [0.5, 0.6) is 0 Å². The number of rotatable bonds is 8. The number of aromatic nitrogens is 4. The van der Waals surface area contributed by atoms with E-state index < -0.39 is 0 Å². The molecule has 0 radical (unpaired) electrons. The van der Waals surface area contributed by atoms with Gasteiger partial charge in [0, 0.05) is 31.1 Å². The van der Waals surface area contributed by atoms with Crippen LogP contribution in [0.15, 0.2) is 128 Å². The lowest BCUT2D eigenvalue weighted by molar-refractivity contribution is 0.630. The van der Waals surface area contributed by atoms with Crippen molar-refractivity contribution in [3.05, 3.63) is 146 Å². The fourth-order valence-corrected chi connectivity index (χ4v) is 5.14. The Bertz CT molecular complexity index is 1910. The van der Waals surface area contributed by atoms with Crippen LogP contribution in [0, 0.1) is 13.8 Å². The highest BCUT2D eigenvalue weighted by Gasteiger charge is 2.19. The summed E-state index contributed by atoms with van der Waals surface area (Å²) in [5, 5.41) is 0. The van der Waals surface area contributed by atoms with Crippen molar-refractivity contribution in [2.24, 2.45) is 24.1 Å². The van der Waals surface area contributed by atoms with Crippen molar-refractivity contribution in [2.45, 2.75) is 27.7 Å². The average Bonchev–Trinajstić information content (AvgIpc) is 3.38. The second-order valence-corrected chi connectivity index (χ2v) is 10.6. The normalized spacial score (nSPS) is 12.2. The lowest BCUT2D eigenvalue weighted by Crippen LogP contribution is -2.19. The Labute approximate surface area is 256 Å². The molecule has 0 spiro atoms. The fourth-order valence-electron chi connectivity index (χ4n) is 5.14. The molecule has 0 bridgehead atoms. The van der Waals surface area contributed by atoms with Crippen LogP contribution in [0.2, 0.25) is 0 Å². The molecular formula is C36H36N6O2. The molecule has 0 unspecified atom stereocenters. The van der Waals surface area contributed by atoms with Crippen LogP contribution in [-0.4, -0.2) is 30.2 Å². The van der Waals surface area contributed by atoms with Gasteiger partial charge in [-0.05, 0) is 57.5 Å². The Hall–Kier alpha value is -5.50. The van der Waals surface area contributed by atoms with Crippen molar-refractivity contribution in [3.63, 3.8) is 0 Å². The van der Waals surface area contributed by atoms with E-state index in [0.29, 0.717) is 28.4 Å². The second-order valence-electron chi connectivity index (χ2n) is 10.6. The van der Waals surface area contributed by atoms with Crippen LogP contribution >= 0.6 is 0 Å². The van der Waals surface area contributed by atoms with Crippen molar-refractivity contribution >= 4 is 28.9 Å². The Kier molecular flexibility index (Phi) is 8.71. The lowest BCUT2D eigenvalue weighted by Gasteiger charge is -2.07. The second kappa shape index (κ2) is 12.8. The van der Waals surface area contributed by atoms with Crippen molar-refractivity contribution in [2.75, 3.05) is 0 Å². The van der Waals surface area contributed by atoms with Crippen molar-refractivity contribution < 1.29 is 0 Å². The van der Waals surface area contributed by atoms with Gasteiger partial charge in [0.05, 0.1) is 22.8 Å². The molecule has 3 aromatic carbocycles. The van der Waals surface area contributed by atoms with E-state index in [0.717, 1.165) is 28.3 Å². The predicted molar refractivity (Wildman–Crippen MR) is 181 cm³/mol. The van der Waals surface area contributed by atoms with Crippen LogP contribution in [0.25, 0.3) is 17.5 Å². The van der Waals surface area contributed by atoms with E-state index in [2.05, 4.69) is 0 Å². The van der Waals surface area contributed by atoms with Gasteiger partial charge in [-0.2, -0.15) is 0 Å². The largest absolute Gasteiger partial charge is 0.297 e. The third kappa shape index (κ3) is 5.87. The van der Waals surface area contributed by atoms with Gasteiger partial charge in [-0.3, -0.25) is 19.0 Å². The Morgan fingerprint density at radius 1 is 0.614 bits per heavy atom. The number of hydrogen-bond donors (Lipinski definition) is 0. The van der Waals surface area contributed by atoms with Gasteiger partial charge in [0.1, 0.15) is 0 Å². The van der Waals surface area contributed by atoms with E-state index in [9.17, 15) is 9.59 Å². The van der Waals surface area contributed by atoms with E-state index in [1.807, 2.05) is 160 Å². The molecule has 8 heteroatoms. The van der Waals surface area contributed by atoms with Crippen LogP contribution in [0.3, 0.4) is 0 Å². The van der Waals surface area contributed by atoms with Gasteiger partial charge in [-0.1, -0.05) is 85.0 Å². The van der Waals surface area contributed by atoms with Crippen LogP contribution in [0.1, 0.15) is 30.8 Å². The number of hydrogen-bond acceptors (Lipinski definition) is 4. The minimum absolute atomic E-state index is 0.214. The first kappa shape index (κ1) is 30.0. The molecule has 0 aliphatic rings. The zero-order valence-electron chi connectivity index (χ0n) is 25.9. The summed E-state index contributed by atoms with van der Waals surface area (Å²) in [5.74, 6) is 0. The van der Waals surface area contributed by atoms with Crippen LogP contribution < -0.4 is 11.1 Å². The summed E-state index contributed by atoms with van der Waals surface area (Å²) in [6.45, 7) is 7.48. The third-order valence-corrected chi connectivity index (χ3v) is 7.74. The number of para-hydroxylation sites is 2. The minimum atomic E-state index is -0.214. The molecule has 5 rings (SSSR count). The summed E-state index contributed by atoms with van der Waals surface area (Å²) in [5.41, 5.74) is 6.21. The van der Waals surface area contributed by atoms with Gasteiger partial charge in [0.2, 0.25) is 0 Å². The van der Waals surface area contributed by atoms with Gasteiger partial charge in [-0.15, -0.1) is 0 Å². The van der Waals surface area contributed by atoms with Crippen molar-refractivity contribution in [1.82, 2.24) is 18.7 Å². The van der Waals surface area contributed by atoms with E-state index in [1.165, 1.54) is 0 Å². The summed E-state index contributed by atoms with van der Waals surface area (Å²) in [6, 6.07) is 29.0. The van der Waals surface area contributed by atoms with Gasteiger partial charge >= 0.3 is 0 Å². The highest BCUT2D eigenvalue weighted by atomic mass is 16.1. The maximum atomic E-state index is 13.6. The summed E-state index contributed by atoms with van der Waals surface area (Å²) in [4.78, 5) is 37.0. The summed E-state index contributed by atoms with van der Waals surface area (Å²) in [6.07, 6.45) is 5.85. The zero-order chi connectivity index (χ0) is 31.4. The molecule has 2 heterocycles. The van der Waals surface area contributed by atoms with E-state index in [-0.39, 0.29) is 11.1 Å². The molecule has 44 heavy (non-hydrogen) atoms. The van der Waals surface area contributed by atoms with Gasteiger partial charge in [0.15, 0.2) is 11.4 Å². The molecule has 0 aliphatic carbocycles. The molecule has 8 nitrogen and oxygen atoms in total. The Balaban J connectivity index is 1.63. The molecule has 0 aliphatic heterocycles. The van der Waals surface area contributed by atoms with E-state index >= 15 is 0 Å². The SMILES string of the molecule is CC(=Nc1c(C)n(C)n(-c2ccccc2)c1=O)C(=C/C=C/c1ccccc1)C(C)=Nc1c(C)n(C)n(-c2ccccc2)c1=O. The molecule has 0 saturated carbocycles. The highest BCUT2D eigenvalue weighted by Crippen LogP contribution is 2.21. The zero-order valence-corrected chi connectivity index (χ0v) is 25.9. The molecule has 2 aromatic heterocycles. The first-order valence-electron chi connectivity index (χ1n) is 14.4. The Morgan fingerprint density at radius 2 is 1.00 bits per heavy atom. The van der Waals surface area contributed by atoms with Crippen LogP contribution in [-0.2, 0) is 14.1 Å². The molecule has 0 atom stereocenters. The van der Waals surface area contributed by atoms with Gasteiger partial charge in [0.25, 0.3) is 11.1 Å². The average molecular weight is 585 g/mol. The number of nitrogens with zero attached hydrogens (tertiary/aromatic N) is 6. The maximum absolute atomic E-state index is 13.6. The summed E-state index contributed by atoms with van der Waals surface area (Å²) >= 11 is 0. The molecule has 0 amide bonds. The van der Waals surface area contributed by atoms with Crippen LogP contribution in [0.4, 0.5) is 11.4 Å². The van der Waals surface area contributed by atoms with Crippen molar-refractivity contribution in [1.29, 1.82) is 0 Å². The summed E-state index contributed by atoms with van der Waals surface area (Å²) < 4.78 is 6.84. The number of benzene rings is 3. The molecule has 5 aromatic rings. The van der Waals surface area contributed by atoms with E-state index in [4.69, 9.17) is 9.98 Å². The number of allylic oxidation sites excluding steroid dienone is 3. The highest BCUT2D eigenvalue weighted by molar-refractivity contribution is 6.24. The van der Waals surface area contributed by atoms with Gasteiger partial charge in [-0.25, -0.2) is 19.3 Å². The third-order valence-electron chi connectivity index (χ3n) is 7.74. The number of aliphatic imine (C=N–C) groups is 2. The van der Waals surface area contributed by atoms with Gasteiger partial charge < -0.3 is 0 Å². The van der Waals surface area contributed by atoms with Crippen molar-refractivity contribution in [3.8, 4) is 11.4 Å². The predicted octanol–water partition coefficient (Wildman–Crippen LogP) is 6.81. The first-order chi connectivity index (χ1) is 21.2. The quantitative estimate of drug-likeness (QED) is 0.148. The smallest absolute Gasteiger partial charge is 0.283 e. The fraction of sp³-hybridized carbons (Fsp3) is 0.167. The van der Waals surface area contributed by atoms with E-state index in [1.54, 1.807) is 9.36 Å². The monoisotopic (exact) mass is 584 g/mol. The Morgan fingerprint density at radius 3 is 1.41 bits per heavy atom. The summed E-state index contributed by atoms with van der Waals surface area (Å²) in [7, 11) is 3.69. The molecule has 0 saturated heterocycles. The first-order valence-corrected chi connectivity index (χ1v) is 14.4. The molecule has 0 fully saturated rings. The molecule has 0 N–H and O–H groups in total. The molecule has 222 valence electrons. The topological polar surface area (TPSA) is 78.6 Å². The lowest BCUT2D eigenvalue weighted by atomic mass is 10.1. The standard InChI is InChI=1S/C36H36N6O2/c1-25(37-33-27(3)39(5)41(35(33)43)30-20-12-8-13-21-30)32(24-16-19-29-17-10-7-11-18-29)26(2)38-34-28(4)40(6)42(36(34)44)31-22-14-9-15-23-31/h7-24H,1-6H3/b19-16+,32-24?,37-25?,38-26?. The maximum Gasteiger partial charge on any atom is 0.297 e.